The van der Waals surface area contributed by atoms with Crippen molar-refractivity contribution in [2.75, 3.05) is 19.6 Å². The monoisotopic (exact) mass is 369 g/mol. The average Bonchev–Trinajstić information content (AvgIpc) is 2.59. The zero-order valence-corrected chi connectivity index (χ0v) is 17.0. The van der Waals surface area contributed by atoms with E-state index >= 15 is 0 Å². The Labute approximate surface area is 159 Å². The maximum absolute atomic E-state index is 6.41. The fraction of sp³-hybridized carbons (Fsp3) is 0.619. The highest BCUT2D eigenvalue weighted by Gasteiger charge is 2.15. The van der Waals surface area contributed by atoms with Gasteiger partial charge in [-0.3, -0.25) is 0 Å². The van der Waals surface area contributed by atoms with Crippen LogP contribution in [0.25, 0.3) is 0 Å². The second-order valence-corrected chi connectivity index (χ2v) is 7.16. The Bertz CT molecular complexity index is 481. The van der Waals surface area contributed by atoms with E-state index in [0.717, 1.165) is 24.7 Å². The maximum Gasteiger partial charge on any atom is 0.0627 e. The molecule has 0 aliphatic rings. The highest BCUT2D eigenvalue weighted by Crippen LogP contribution is 2.35. The van der Waals surface area contributed by atoms with Crippen LogP contribution in [-0.2, 0) is 0 Å². The molecule has 0 spiro atoms. The molecule has 0 fully saturated rings. The molecule has 0 saturated heterocycles. The first-order valence-electron chi connectivity index (χ1n) is 9.45. The van der Waals surface area contributed by atoms with Crippen molar-refractivity contribution < 1.29 is 0 Å². The molecule has 136 valence electrons. The normalized spacial score (nSPS) is 13.1. The Hall–Kier alpha value is -0.500. The first-order chi connectivity index (χ1) is 11.6. The lowest BCUT2D eigenvalue weighted by atomic mass is 9.89. The lowest BCUT2D eigenvalue weighted by Gasteiger charge is -2.18. The maximum atomic E-state index is 6.41. The molecular formula is C21H33Cl2N. The molecule has 1 rings (SSSR count). The summed E-state index contributed by atoms with van der Waals surface area (Å²) in [6.07, 6.45) is 11.8. The van der Waals surface area contributed by atoms with Crippen molar-refractivity contribution in [2.24, 2.45) is 0 Å². The Morgan fingerprint density at radius 3 is 2.42 bits per heavy atom. The molecule has 1 aromatic rings. The number of allylic oxidation sites excluding steroid dienone is 1. The first kappa shape index (κ1) is 21.5. The predicted molar refractivity (Wildman–Crippen MR) is 110 cm³/mol. The highest BCUT2D eigenvalue weighted by atomic mass is 35.5. The summed E-state index contributed by atoms with van der Waals surface area (Å²) in [5.41, 5.74) is 1.23. The molecule has 0 aliphatic carbocycles. The number of halogens is 2. The summed E-state index contributed by atoms with van der Waals surface area (Å²) < 4.78 is 0. The van der Waals surface area contributed by atoms with Gasteiger partial charge in [-0.05, 0) is 56.3 Å². The number of hydrogen-bond donors (Lipinski definition) is 0. The van der Waals surface area contributed by atoms with Crippen molar-refractivity contribution in [3.8, 4) is 0 Å². The minimum atomic E-state index is 0.529. The molecule has 1 unspecified atom stereocenters. The summed E-state index contributed by atoms with van der Waals surface area (Å²) in [6, 6.07) is 6.03. The van der Waals surface area contributed by atoms with Gasteiger partial charge in [-0.15, -0.1) is 0 Å². The number of nitrogens with zero attached hydrogens (tertiary/aromatic N) is 1. The fourth-order valence-corrected chi connectivity index (χ4v) is 3.58. The zero-order chi connectivity index (χ0) is 17.8. The number of unbranched alkanes of at least 4 members (excludes halogenated alkanes) is 2. The highest BCUT2D eigenvalue weighted by molar-refractivity contribution is 6.42. The summed E-state index contributed by atoms with van der Waals surface area (Å²) in [7, 11) is 0. The smallest absolute Gasteiger partial charge is 0.0627 e. The van der Waals surface area contributed by atoms with Gasteiger partial charge in [0.25, 0.3) is 0 Å². The van der Waals surface area contributed by atoms with Gasteiger partial charge in [0.2, 0.25) is 0 Å². The molecular weight excluding hydrogens is 337 g/mol. The number of hydrogen-bond acceptors (Lipinski definition) is 1. The van der Waals surface area contributed by atoms with Crippen LogP contribution in [0.4, 0.5) is 0 Å². The third kappa shape index (κ3) is 7.59. The molecule has 0 heterocycles. The van der Waals surface area contributed by atoms with Crippen LogP contribution >= 0.6 is 23.2 Å². The molecule has 0 aliphatic heterocycles. The number of rotatable bonds is 12. The molecule has 1 nitrogen and oxygen atoms in total. The van der Waals surface area contributed by atoms with E-state index in [9.17, 15) is 0 Å². The Morgan fingerprint density at radius 2 is 1.75 bits per heavy atom. The van der Waals surface area contributed by atoms with Crippen LogP contribution in [0.3, 0.4) is 0 Å². The Kier molecular flexibility index (Phi) is 11.5. The van der Waals surface area contributed by atoms with Crippen LogP contribution in [0.15, 0.2) is 30.4 Å². The van der Waals surface area contributed by atoms with E-state index < -0.39 is 0 Å². The van der Waals surface area contributed by atoms with E-state index in [2.05, 4.69) is 43.9 Å². The molecule has 24 heavy (non-hydrogen) atoms. The van der Waals surface area contributed by atoms with Crippen molar-refractivity contribution in [2.45, 2.75) is 65.2 Å². The number of benzene rings is 1. The molecule has 0 N–H and O–H groups in total. The quantitative estimate of drug-likeness (QED) is 0.275. The van der Waals surface area contributed by atoms with Crippen LogP contribution in [0.5, 0.6) is 0 Å². The van der Waals surface area contributed by atoms with E-state index in [0.29, 0.717) is 10.9 Å². The summed E-state index contributed by atoms with van der Waals surface area (Å²) in [4.78, 5) is 2.43. The van der Waals surface area contributed by atoms with Crippen LogP contribution in [-0.4, -0.2) is 24.5 Å². The van der Waals surface area contributed by atoms with Crippen LogP contribution < -0.4 is 0 Å². The van der Waals surface area contributed by atoms with Crippen LogP contribution in [0.2, 0.25) is 10.0 Å². The summed E-state index contributed by atoms with van der Waals surface area (Å²) >= 11 is 12.6. The third-order valence-electron chi connectivity index (χ3n) is 4.66. The minimum Gasteiger partial charge on any atom is -0.300 e. The molecule has 1 atom stereocenters. The summed E-state index contributed by atoms with van der Waals surface area (Å²) in [5.74, 6) is 0.529. The Balaban J connectivity index is 2.40. The van der Waals surface area contributed by atoms with Crippen molar-refractivity contribution >= 4 is 23.2 Å². The predicted octanol–water partition coefficient (Wildman–Crippen LogP) is 7.34. The van der Waals surface area contributed by atoms with Crippen molar-refractivity contribution in [3.05, 3.63) is 46.0 Å². The molecule has 0 saturated carbocycles. The molecule has 0 aromatic heterocycles. The van der Waals surface area contributed by atoms with Gasteiger partial charge in [-0.2, -0.15) is 0 Å². The van der Waals surface area contributed by atoms with E-state index in [1.165, 1.54) is 44.1 Å². The second-order valence-electron chi connectivity index (χ2n) is 6.37. The topological polar surface area (TPSA) is 3.24 Å². The molecule has 3 heteroatoms. The minimum absolute atomic E-state index is 0.529. The lowest BCUT2D eigenvalue weighted by molar-refractivity contribution is 0.337. The molecule has 0 amide bonds. The van der Waals surface area contributed by atoms with Gasteiger partial charge in [-0.1, -0.05) is 81.1 Å². The van der Waals surface area contributed by atoms with Crippen molar-refractivity contribution in [3.63, 3.8) is 0 Å². The third-order valence-corrected chi connectivity index (χ3v) is 5.49. The Morgan fingerprint density at radius 1 is 1.00 bits per heavy atom. The largest absolute Gasteiger partial charge is 0.300 e. The van der Waals surface area contributed by atoms with Gasteiger partial charge >= 0.3 is 0 Å². The van der Waals surface area contributed by atoms with Gasteiger partial charge in [0.15, 0.2) is 0 Å². The average molecular weight is 370 g/mol. The van der Waals surface area contributed by atoms with E-state index in [1.807, 2.05) is 12.1 Å². The fourth-order valence-electron chi connectivity index (χ4n) is 3.12. The van der Waals surface area contributed by atoms with Gasteiger partial charge in [-0.25, -0.2) is 0 Å². The summed E-state index contributed by atoms with van der Waals surface area (Å²) in [5, 5.41) is 1.42. The van der Waals surface area contributed by atoms with Crippen molar-refractivity contribution in [1.29, 1.82) is 0 Å². The summed E-state index contributed by atoms with van der Waals surface area (Å²) in [6.45, 7) is 9.99. The lowest BCUT2D eigenvalue weighted by Crippen LogP contribution is -2.22. The van der Waals surface area contributed by atoms with Gasteiger partial charge < -0.3 is 4.90 Å². The molecule has 0 radical (unpaired) electrons. The van der Waals surface area contributed by atoms with Gasteiger partial charge in [0.05, 0.1) is 10.0 Å². The van der Waals surface area contributed by atoms with Gasteiger partial charge in [0, 0.05) is 6.54 Å². The van der Waals surface area contributed by atoms with E-state index in [4.69, 9.17) is 23.2 Å². The van der Waals surface area contributed by atoms with E-state index in [1.54, 1.807) is 0 Å². The SMILES string of the molecule is CCCC(CCCCC=CCN(CC)CC)c1cccc(Cl)c1Cl. The first-order valence-corrected chi connectivity index (χ1v) is 10.2. The van der Waals surface area contributed by atoms with E-state index in [-0.39, 0.29) is 0 Å². The zero-order valence-electron chi connectivity index (χ0n) is 15.5. The molecule has 1 aromatic carbocycles. The number of likely N-dealkylation sites (N-methyl/N-ethyl adjacent to an activating group) is 1. The second kappa shape index (κ2) is 12.8. The van der Waals surface area contributed by atoms with Crippen LogP contribution in [0, 0.1) is 0 Å². The van der Waals surface area contributed by atoms with Crippen molar-refractivity contribution in [1.82, 2.24) is 4.90 Å². The standard InChI is InChI=1S/C21H33Cl2N/c1-4-13-18(19-15-12-16-20(22)21(19)23)14-10-8-7-9-11-17-24(5-2)6-3/h9,11-12,15-16,18H,4-8,10,13-14,17H2,1-3H3. The van der Waals surface area contributed by atoms with Gasteiger partial charge in [0.1, 0.15) is 0 Å². The molecule has 0 bridgehead atoms. The van der Waals surface area contributed by atoms with Crippen LogP contribution in [0.1, 0.15) is 70.8 Å².